The molecule has 2 heterocycles. The highest BCUT2D eigenvalue weighted by Gasteiger charge is 2.42. The molecule has 1 fully saturated rings. The summed E-state index contributed by atoms with van der Waals surface area (Å²) in [6.45, 7) is 5.96. The smallest absolute Gasteiger partial charge is 0.128 e. The van der Waals surface area contributed by atoms with Crippen LogP contribution in [0.3, 0.4) is 0 Å². The molecule has 1 aromatic rings. The molecule has 1 aromatic carbocycles. The van der Waals surface area contributed by atoms with Crippen LogP contribution < -0.4 is 10.1 Å². The Labute approximate surface area is 119 Å². The maximum Gasteiger partial charge on any atom is 0.128 e. The monoisotopic (exact) mass is 279 g/mol. The minimum Gasteiger partial charge on any atom is -0.487 e. The van der Waals surface area contributed by atoms with Gasteiger partial charge >= 0.3 is 0 Å². The number of rotatable bonds is 2. The van der Waals surface area contributed by atoms with Crippen molar-refractivity contribution in [2.75, 3.05) is 13.1 Å². The second kappa shape index (κ2) is 5.34. The number of hydrogen-bond donors (Lipinski definition) is 1. The fourth-order valence-electron chi connectivity index (χ4n) is 3.22. The highest BCUT2D eigenvalue weighted by Crippen LogP contribution is 2.45. The van der Waals surface area contributed by atoms with E-state index < -0.39 is 0 Å². The van der Waals surface area contributed by atoms with Gasteiger partial charge in [-0.15, -0.1) is 0 Å². The Morgan fingerprint density at radius 3 is 2.80 bits per heavy atom. The molecule has 2 aliphatic heterocycles. The second-order valence-corrected chi connectivity index (χ2v) is 6.09. The van der Waals surface area contributed by atoms with Crippen LogP contribution in [0.5, 0.6) is 5.75 Å². The van der Waals surface area contributed by atoms with Gasteiger partial charge in [-0.25, -0.2) is 4.39 Å². The van der Waals surface area contributed by atoms with Crippen LogP contribution in [0.25, 0.3) is 0 Å². The van der Waals surface area contributed by atoms with Crippen molar-refractivity contribution in [1.29, 1.82) is 0 Å². The van der Waals surface area contributed by atoms with Gasteiger partial charge < -0.3 is 14.8 Å². The zero-order chi connectivity index (χ0) is 14.2. The summed E-state index contributed by atoms with van der Waals surface area (Å²) in [5.74, 6) is 0.404. The molecule has 2 aliphatic rings. The summed E-state index contributed by atoms with van der Waals surface area (Å²) in [6, 6.07) is 4.78. The van der Waals surface area contributed by atoms with Gasteiger partial charge in [-0.1, -0.05) is 0 Å². The molecule has 0 amide bonds. The average Bonchev–Trinajstić information content (AvgIpc) is 2.38. The molecule has 4 heteroatoms. The molecule has 110 valence electrons. The number of halogens is 1. The largest absolute Gasteiger partial charge is 0.487 e. The minimum atomic E-state index is -0.252. The average molecular weight is 279 g/mol. The summed E-state index contributed by atoms with van der Waals surface area (Å²) >= 11 is 0. The SMILES string of the molecule is CC(C)O[C@H]1CC2(CCNCC2)Oc2cc(F)ccc21. The van der Waals surface area contributed by atoms with Gasteiger partial charge in [-0.05, 0) is 51.9 Å². The zero-order valence-electron chi connectivity index (χ0n) is 12.1. The molecule has 3 rings (SSSR count). The fourth-order valence-corrected chi connectivity index (χ4v) is 3.22. The summed E-state index contributed by atoms with van der Waals surface area (Å²) in [5.41, 5.74) is 0.773. The van der Waals surface area contributed by atoms with Gasteiger partial charge in [0.2, 0.25) is 0 Å². The molecule has 0 aliphatic carbocycles. The molecule has 0 bridgehead atoms. The Kier molecular flexibility index (Phi) is 3.69. The predicted octanol–water partition coefficient (Wildman–Crippen LogP) is 3.20. The molecular weight excluding hydrogens is 257 g/mol. The van der Waals surface area contributed by atoms with Gasteiger partial charge in [0.05, 0.1) is 12.2 Å². The Bertz CT molecular complexity index is 483. The van der Waals surface area contributed by atoms with Crippen molar-refractivity contribution in [2.45, 2.75) is 50.9 Å². The Hall–Kier alpha value is -1.13. The van der Waals surface area contributed by atoms with Crippen LogP contribution in [0.1, 0.15) is 44.8 Å². The van der Waals surface area contributed by atoms with Crippen molar-refractivity contribution in [1.82, 2.24) is 5.32 Å². The fraction of sp³-hybridized carbons (Fsp3) is 0.625. The molecule has 1 spiro atoms. The van der Waals surface area contributed by atoms with Crippen LogP contribution >= 0.6 is 0 Å². The molecule has 1 N–H and O–H groups in total. The van der Waals surface area contributed by atoms with Crippen LogP contribution in [0.2, 0.25) is 0 Å². The van der Waals surface area contributed by atoms with Crippen LogP contribution in [0, 0.1) is 5.82 Å². The number of ether oxygens (including phenoxy) is 2. The first kappa shape index (κ1) is 13.8. The van der Waals surface area contributed by atoms with Crippen LogP contribution in [-0.2, 0) is 4.74 Å². The van der Waals surface area contributed by atoms with E-state index in [1.54, 1.807) is 6.07 Å². The maximum atomic E-state index is 13.5. The summed E-state index contributed by atoms with van der Waals surface area (Å²) in [5, 5.41) is 3.35. The quantitative estimate of drug-likeness (QED) is 0.902. The van der Waals surface area contributed by atoms with Gasteiger partial charge in [-0.2, -0.15) is 0 Å². The summed E-state index contributed by atoms with van der Waals surface area (Å²) in [6.07, 6.45) is 2.89. The highest BCUT2D eigenvalue weighted by molar-refractivity contribution is 5.39. The number of benzene rings is 1. The first-order chi connectivity index (χ1) is 9.58. The maximum absolute atomic E-state index is 13.5. The summed E-state index contributed by atoms with van der Waals surface area (Å²) < 4.78 is 25.8. The standard InChI is InChI=1S/C16H22FNO2/c1-11(2)19-15-10-16(5-7-18-8-6-16)20-14-9-12(17)3-4-13(14)15/h3-4,9,11,15,18H,5-8,10H2,1-2H3/t15-/m0/s1. The van der Waals surface area contributed by atoms with E-state index >= 15 is 0 Å². The normalized spacial score (nSPS) is 24.5. The van der Waals surface area contributed by atoms with E-state index in [9.17, 15) is 4.39 Å². The molecule has 20 heavy (non-hydrogen) atoms. The van der Waals surface area contributed by atoms with E-state index in [-0.39, 0.29) is 23.6 Å². The molecule has 1 saturated heterocycles. The number of nitrogens with one attached hydrogen (secondary N) is 1. The van der Waals surface area contributed by atoms with E-state index in [1.807, 2.05) is 13.8 Å². The topological polar surface area (TPSA) is 30.5 Å². The van der Waals surface area contributed by atoms with Gasteiger partial charge in [0, 0.05) is 18.1 Å². The van der Waals surface area contributed by atoms with Crippen molar-refractivity contribution < 1.29 is 13.9 Å². The lowest BCUT2D eigenvalue weighted by atomic mass is 9.82. The van der Waals surface area contributed by atoms with E-state index in [4.69, 9.17) is 9.47 Å². The van der Waals surface area contributed by atoms with Gasteiger partial charge in [-0.3, -0.25) is 0 Å². The van der Waals surface area contributed by atoms with E-state index in [0.717, 1.165) is 37.9 Å². The second-order valence-electron chi connectivity index (χ2n) is 6.09. The van der Waals surface area contributed by atoms with E-state index in [1.165, 1.54) is 12.1 Å². The third-order valence-corrected chi connectivity index (χ3v) is 4.16. The molecular formula is C16H22FNO2. The Morgan fingerprint density at radius 1 is 1.35 bits per heavy atom. The molecule has 3 nitrogen and oxygen atoms in total. The first-order valence-corrected chi connectivity index (χ1v) is 7.43. The molecule has 1 atom stereocenters. The van der Waals surface area contributed by atoms with Crippen molar-refractivity contribution >= 4 is 0 Å². The molecule has 0 aromatic heterocycles. The molecule has 0 radical (unpaired) electrons. The lowest BCUT2D eigenvalue weighted by Crippen LogP contribution is -2.49. The number of piperidine rings is 1. The first-order valence-electron chi connectivity index (χ1n) is 7.43. The van der Waals surface area contributed by atoms with Crippen molar-refractivity contribution in [3.05, 3.63) is 29.6 Å². The third kappa shape index (κ3) is 2.67. The van der Waals surface area contributed by atoms with Gasteiger partial charge in [0.15, 0.2) is 0 Å². The number of hydrogen-bond acceptors (Lipinski definition) is 3. The van der Waals surface area contributed by atoms with Gasteiger partial charge in [0.1, 0.15) is 17.2 Å². The molecule has 0 saturated carbocycles. The lowest BCUT2D eigenvalue weighted by Gasteiger charge is -2.44. The van der Waals surface area contributed by atoms with Crippen LogP contribution in [-0.4, -0.2) is 24.8 Å². The lowest BCUT2D eigenvalue weighted by molar-refractivity contribution is -0.0794. The van der Waals surface area contributed by atoms with Crippen LogP contribution in [0.15, 0.2) is 18.2 Å². The summed E-state index contributed by atoms with van der Waals surface area (Å²) in [4.78, 5) is 0. The number of fused-ring (bicyclic) bond motifs is 1. The predicted molar refractivity (Wildman–Crippen MR) is 75.4 cm³/mol. The van der Waals surface area contributed by atoms with Gasteiger partial charge in [0.25, 0.3) is 0 Å². The van der Waals surface area contributed by atoms with Crippen molar-refractivity contribution in [2.24, 2.45) is 0 Å². The van der Waals surface area contributed by atoms with E-state index in [2.05, 4.69) is 5.32 Å². The Morgan fingerprint density at radius 2 is 2.10 bits per heavy atom. The van der Waals surface area contributed by atoms with Crippen molar-refractivity contribution in [3.63, 3.8) is 0 Å². The minimum absolute atomic E-state index is 0.00236. The summed E-state index contributed by atoms with van der Waals surface area (Å²) in [7, 11) is 0. The molecule has 0 unspecified atom stereocenters. The zero-order valence-corrected chi connectivity index (χ0v) is 12.1. The third-order valence-electron chi connectivity index (χ3n) is 4.16. The Balaban J connectivity index is 1.94. The van der Waals surface area contributed by atoms with E-state index in [0.29, 0.717) is 5.75 Å². The van der Waals surface area contributed by atoms with Crippen LogP contribution in [0.4, 0.5) is 4.39 Å². The van der Waals surface area contributed by atoms with Crippen molar-refractivity contribution in [3.8, 4) is 5.75 Å². The highest BCUT2D eigenvalue weighted by atomic mass is 19.1.